The Kier molecular flexibility index (Phi) is 8.86. The van der Waals surface area contributed by atoms with Crippen LogP contribution in [0.2, 0.25) is 0 Å². The summed E-state index contributed by atoms with van der Waals surface area (Å²) < 4.78 is 19.4. The van der Waals surface area contributed by atoms with Gasteiger partial charge in [0, 0.05) is 18.6 Å². The molecule has 0 amide bonds. The highest BCUT2D eigenvalue weighted by Gasteiger charge is 2.29. The van der Waals surface area contributed by atoms with Crippen molar-refractivity contribution in [3.63, 3.8) is 0 Å². The summed E-state index contributed by atoms with van der Waals surface area (Å²) in [6.07, 6.45) is 0.226. The minimum absolute atomic E-state index is 0.0394. The molecule has 0 fully saturated rings. The number of carbonyl (C=O) groups excluding carboxylic acids is 1. The Hall–Kier alpha value is -3.76. The van der Waals surface area contributed by atoms with Crippen molar-refractivity contribution in [3.05, 3.63) is 131 Å². The van der Waals surface area contributed by atoms with Gasteiger partial charge in [-0.3, -0.25) is 9.69 Å². The van der Waals surface area contributed by atoms with Gasteiger partial charge >= 0.3 is 5.97 Å². The monoisotopic (exact) mass is 495 g/mol. The lowest BCUT2D eigenvalue weighted by Crippen LogP contribution is -2.33. The van der Waals surface area contributed by atoms with E-state index in [1.165, 1.54) is 17.2 Å². The van der Waals surface area contributed by atoms with Gasteiger partial charge < -0.3 is 4.74 Å². The molecule has 2 atom stereocenters. The van der Waals surface area contributed by atoms with E-state index in [-0.39, 0.29) is 30.3 Å². The van der Waals surface area contributed by atoms with Gasteiger partial charge in [-0.05, 0) is 72.4 Å². The number of halogens is 1. The lowest BCUT2D eigenvalue weighted by atomic mass is 9.93. The average molecular weight is 496 g/mol. The maximum Gasteiger partial charge on any atom is 0.307 e. The maximum absolute atomic E-state index is 13.9. The molecule has 0 aliphatic carbocycles. The molecule has 0 N–H and O–H groups in total. The topological polar surface area (TPSA) is 29.5 Å². The van der Waals surface area contributed by atoms with E-state index >= 15 is 0 Å². The molecule has 0 aliphatic heterocycles. The number of nitrogens with zero attached hydrogens (tertiary/aromatic N) is 1. The molecule has 37 heavy (non-hydrogen) atoms. The predicted molar refractivity (Wildman–Crippen MR) is 147 cm³/mol. The summed E-state index contributed by atoms with van der Waals surface area (Å²) in [6.45, 7) is 6.80. The van der Waals surface area contributed by atoms with Crippen molar-refractivity contribution in [2.45, 2.75) is 45.8 Å². The molecule has 0 spiro atoms. The van der Waals surface area contributed by atoms with Crippen molar-refractivity contribution >= 4 is 5.97 Å². The van der Waals surface area contributed by atoms with E-state index in [0.717, 1.165) is 16.7 Å². The summed E-state index contributed by atoms with van der Waals surface area (Å²) in [7, 11) is 0. The van der Waals surface area contributed by atoms with Crippen molar-refractivity contribution < 1.29 is 13.9 Å². The van der Waals surface area contributed by atoms with E-state index in [2.05, 4.69) is 48.2 Å². The number of hydrogen-bond acceptors (Lipinski definition) is 3. The Morgan fingerprint density at radius 3 is 2.16 bits per heavy atom. The van der Waals surface area contributed by atoms with Crippen LogP contribution in [0.5, 0.6) is 0 Å². The average Bonchev–Trinajstić information content (AvgIpc) is 2.93. The highest BCUT2D eigenvalue weighted by Crippen LogP contribution is 2.36. The third-order valence-electron chi connectivity index (χ3n) is 6.82. The number of rotatable bonds is 10. The largest absolute Gasteiger partial charge is 0.466 e. The molecule has 0 radical (unpaired) electrons. The molecule has 0 bridgehead atoms. The summed E-state index contributed by atoms with van der Waals surface area (Å²) in [5, 5.41) is 0. The molecular weight excluding hydrogens is 461 g/mol. The highest BCUT2D eigenvalue weighted by molar-refractivity contribution is 5.71. The summed E-state index contributed by atoms with van der Waals surface area (Å²) in [4.78, 5) is 15.3. The molecular formula is C33H34FNO2. The van der Waals surface area contributed by atoms with E-state index in [1.54, 1.807) is 13.0 Å². The van der Waals surface area contributed by atoms with Crippen LogP contribution >= 0.6 is 0 Å². The molecule has 0 saturated carbocycles. The summed E-state index contributed by atoms with van der Waals surface area (Å²) in [5.74, 6) is -0.445. The van der Waals surface area contributed by atoms with Gasteiger partial charge in [0.15, 0.2) is 0 Å². The van der Waals surface area contributed by atoms with E-state index < -0.39 is 0 Å². The maximum atomic E-state index is 13.9. The molecule has 0 heterocycles. The zero-order chi connectivity index (χ0) is 26.2. The zero-order valence-electron chi connectivity index (χ0n) is 21.7. The molecule has 4 heteroatoms. The highest BCUT2D eigenvalue weighted by atomic mass is 19.1. The second-order valence-corrected chi connectivity index (χ2v) is 9.36. The van der Waals surface area contributed by atoms with Crippen molar-refractivity contribution in [2.24, 2.45) is 0 Å². The lowest BCUT2D eigenvalue weighted by molar-refractivity contribution is -0.145. The predicted octanol–water partition coefficient (Wildman–Crippen LogP) is 8.06. The minimum atomic E-state index is -0.228. The first-order chi connectivity index (χ1) is 18.0. The van der Waals surface area contributed by atoms with Crippen LogP contribution in [0.25, 0.3) is 11.1 Å². The van der Waals surface area contributed by atoms with Crippen molar-refractivity contribution in [1.29, 1.82) is 0 Å². The molecule has 190 valence electrons. The van der Waals surface area contributed by atoms with Crippen LogP contribution in [-0.4, -0.2) is 17.5 Å². The Labute approximate surface area is 219 Å². The quantitative estimate of drug-likeness (QED) is 0.208. The third-order valence-corrected chi connectivity index (χ3v) is 6.82. The summed E-state index contributed by atoms with van der Waals surface area (Å²) >= 11 is 0. The summed E-state index contributed by atoms with van der Waals surface area (Å²) in [5.41, 5.74) is 5.91. The molecule has 0 saturated heterocycles. The number of esters is 1. The standard InChI is InChI=1S/C33H34FNO2/c1-4-37-33(36)22-32(30-17-11-16-28(21-30)29-18-19-31(34)24(2)20-29)35(23-26-12-7-5-8-13-26)25(3)27-14-9-6-10-15-27/h5-21,25,32H,4,22-23H2,1-3H3/t25-,32+/m1/s1. The third kappa shape index (κ3) is 6.72. The first-order valence-electron chi connectivity index (χ1n) is 12.8. The number of hydrogen-bond donors (Lipinski definition) is 0. The summed E-state index contributed by atoms with van der Waals surface area (Å²) in [6, 6.07) is 33.9. The van der Waals surface area contributed by atoms with Gasteiger partial charge in [-0.2, -0.15) is 0 Å². The number of aryl methyl sites for hydroxylation is 1. The Morgan fingerprint density at radius 1 is 0.838 bits per heavy atom. The van der Waals surface area contributed by atoms with E-state index in [4.69, 9.17) is 4.74 Å². The van der Waals surface area contributed by atoms with Crippen LogP contribution in [0.4, 0.5) is 4.39 Å². The zero-order valence-corrected chi connectivity index (χ0v) is 21.7. The number of benzene rings is 4. The fourth-order valence-corrected chi connectivity index (χ4v) is 4.79. The van der Waals surface area contributed by atoms with Gasteiger partial charge in [0.25, 0.3) is 0 Å². The first kappa shape index (κ1) is 26.3. The number of carbonyl (C=O) groups is 1. The smallest absolute Gasteiger partial charge is 0.307 e. The van der Waals surface area contributed by atoms with E-state index in [0.29, 0.717) is 18.7 Å². The molecule has 0 unspecified atom stereocenters. The number of ether oxygens (including phenoxy) is 1. The van der Waals surface area contributed by atoms with Gasteiger partial charge in [0.1, 0.15) is 5.82 Å². The van der Waals surface area contributed by atoms with Gasteiger partial charge in [-0.25, -0.2) is 4.39 Å². The molecule has 3 nitrogen and oxygen atoms in total. The van der Waals surface area contributed by atoms with Gasteiger partial charge in [-0.15, -0.1) is 0 Å². The Bertz CT molecular complexity index is 1310. The molecule has 0 aromatic heterocycles. The van der Waals surface area contributed by atoms with Crippen molar-refractivity contribution in [2.75, 3.05) is 6.61 Å². The van der Waals surface area contributed by atoms with Gasteiger partial charge in [0.05, 0.1) is 13.0 Å². The van der Waals surface area contributed by atoms with Gasteiger partial charge in [0.2, 0.25) is 0 Å². The fourth-order valence-electron chi connectivity index (χ4n) is 4.79. The molecule has 4 aromatic rings. The SMILES string of the molecule is CCOC(=O)C[C@@H](c1cccc(-c2ccc(F)c(C)c2)c1)N(Cc1ccccc1)[C@H](C)c1ccccc1. The van der Waals surface area contributed by atoms with Crippen molar-refractivity contribution in [3.8, 4) is 11.1 Å². The molecule has 0 aliphatic rings. The van der Waals surface area contributed by atoms with Crippen LogP contribution in [0.3, 0.4) is 0 Å². The first-order valence-corrected chi connectivity index (χ1v) is 12.8. The Morgan fingerprint density at radius 2 is 1.49 bits per heavy atom. The van der Waals surface area contributed by atoms with E-state index in [9.17, 15) is 9.18 Å². The van der Waals surface area contributed by atoms with Crippen LogP contribution in [-0.2, 0) is 16.1 Å². The molecule has 4 aromatic carbocycles. The second-order valence-electron chi connectivity index (χ2n) is 9.36. The molecule has 4 rings (SSSR count). The van der Waals surface area contributed by atoms with Crippen LogP contribution < -0.4 is 0 Å². The van der Waals surface area contributed by atoms with Crippen molar-refractivity contribution in [1.82, 2.24) is 4.90 Å². The van der Waals surface area contributed by atoms with Crippen LogP contribution in [0, 0.1) is 12.7 Å². The normalized spacial score (nSPS) is 12.8. The second kappa shape index (κ2) is 12.5. The van der Waals surface area contributed by atoms with Gasteiger partial charge in [-0.1, -0.05) is 84.9 Å². The minimum Gasteiger partial charge on any atom is -0.466 e. The van der Waals surface area contributed by atoms with Crippen LogP contribution in [0.15, 0.2) is 103 Å². The lowest BCUT2D eigenvalue weighted by Gasteiger charge is -2.37. The van der Waals surface area contributed by atoms with E-state index in [1.807, 2.05) is 61.5 Å². The fraction of sp³-hybridized carbons (Fsp3) is 0.242. The Balaban J connectivity index is 1.79. The van der Waals surface area contributed by atoms with Crippen LogP contribution in [0.1, 0.15) is 54.6 Å².